The fraction of sp³-hybridized carbons (Fsp3) is 0.250. The van der Waals surface area contributed by atoms with E-state index < -0.39 is 11.6 Å². The highest BCUT2D eigenvalue weighted by Crippen LogP contribution is 2.36. The van der Waals surface area contributed by atoms with Gasteiger partial charge >= 0.3 is 0 Å². The number of hydrogen-bond donors (Lipinski definition) is 2. The fourth-order valence-electron chi connectivity index (χ4n) is 3.64. The van der Waals surface area contributed by atoms with Crippen LogP contribution in [0.3, 0.4) is 0 Å². The van der Waals surface area contributed by atoms with Crippen LogP contribution < -0.4 is 5.73 Å². The van der Waals surface area contributed by atoms with Crippen LogP contribution in [0.4, 0.5) is 14.5 Å². The van der Waals surface area contributed by atoms with Crippen molar-refractivity contribution in [3.8, 4) is 5.69 Å². The monoisotopic (exact) mass is 355 g/mol. The van der Waals surface area contributed by atoms with E-state index in [2.05, 4.69) is 6.07 Å². The highest BCUT2D eigenvalue weighted by atomic mass is 19.2. The summed E-state index contributed by atoms with van der Waals surface area (Å²) in [7, 11) is 0. The first-order valence-electron chi connectivity index (χ1n) is 8.57. The standard InChI is InChI=1S/C20H19F2N3O/c21-16-2-1-15(10-17(16)22)25-19(12-3-5-26-6-4-12)8-13-7-18(24)14(11-23)9-20(13)25/h1-2,7-12,23H,3-6,24H2. The molecule has 1 saturated heterocycles. The third-order valence-corrected chi connectivity index (χ3v) is 4.99. The molecule has 0 unspecified atom stereocenters. The molecule has 0 spiro atoms. The fourth-order valence-corrected chi connectivity index (χ4v) is 3.64. The third kappa shape index (κ3) is 2.76. The van der Waals surface area contributed by atoms with Crippen molar-refractivity contribution >= 4 is 22.8 Å². The first-order valence-corrected chi connectivity index (χ1v) is 8.57. The minimum absolute atomic E-state index is 0.258. The second kappa shape index (κ2) is 6.53. The number of hydrogen-bond acceptors (Lipinski definition) is 3. The van der Waals surface area contributed by atoms with Gasteiger partial charge in [0.05, 0.1) is 5.52 Å². The molecule has 0 radical (unpaired) electrons. The summed E-state index contributed by atoms with van der Waals surface area (Å²) in [6, 6.07) is 9.62. The van der Waals surface area contributed by atoms with E-state index >= 15 is 0 Å². The average Bonchev–Trinajstić information content (AvgIpc) is 3.02. The molecule has 134 valence electrons. The van der Waals surface area contributed by atoms with Crippen LogP contribution in [0, 0.1) is 17.0 Å². The number of nitrogen functional groups attached to an aromatic ring is 1. The smallest absolute Gasteiger partial charge is 0.160 e. The molecule has 1 aliphatic heterocycles. The number of ether oxygens (including phenoxy) is 1. The molecule has 4 rings (SSSR count). The first kappa shape index (κ1) is 16.7. The lowest BCUT2D eigenvalue weighted by atomic mass is 9.96. The highest BCUT2D eigenvalue weighted by molar-refractivity contribution is 5.95. The lowest BCUT2D eigenvalue weighted by Crippen LogP contribution is -2.16. The molecular formula is C20H19F2N3O. The molecule has 4 nitrogen and oxygen atoms in total. The van der Waals surface area contributed by atoms with Gasteiger partial charge in [0.1, 0.15) is 0 Å². The van der Waals surface area contributed by atoms with E-state index in [-0.39, 0.29) is 5.92 Å². The number of nitrogens with zero attached hydrogens (tertiary/aromatic N) is 1. The maximum atomic E-state index is 13.9. The normalized spacial score (nSPS) is 15.5. The Hall–Kier alpha value is -2.73. The van der Waals surface area contributed by atoms with Crippen LogP contribution in [0.1, 0.15) is 30.0 Å². The largest absolute Gasteiger partial charge is 0.398 e. The van der Waals surface area contributed by atoms with Crippen LogP contribution in [-0.4, -0.2) is 24.0 Å². The number of halogens is 2. The second-order valence-corrected chi connectivity index (χ2v) is 6.57. The van der Waals surface area contributed by atoms with Crippen molar-refractivity contribution in [2.24, 2.45) is 0 Å². The minimum Gasteiger partial charge on any atom is -0.398 e. The van der Waals surface area contributed by atoms with E-state index in [1.807, 2.05) is 16.7 Å². The zero-order chi connectivity index (χ0) is 18.3. The van der Waals surface area contributed by atoms with Gasteiger partial charge in [0.2, 0.25) is 0 Å². The molecule has 1 aliphatic rings. The molecule has 26 heavy (non-hydrogen) atoms. The molecule has 6 heteroatoms. The van der Waals surface area contributed by atoms with E-state index in [0.717, 1.165) is 35.5 Å². The molecular weight excluding hydrogens is 336 g/mol. The molecule has 3 aromatic rings. The van der Waals surface area contributed by atoms with Crippen molar-refractivity contribution in [3.05, 3.63) is 59.3 Å². The zero-order valence-electron chi connectivity index (χ0n) is 14.1. The van der Waals surface area contributed by atoms with E-state index in [4.69, 9.17) is 15.9 Å². The number of anilines is 1. The SMILES string of the molecule is N=Cc1cc2c(cc1N)cc(C1CCOCC1)n2-c1ccc(F)c(F)c1. The van der Waals surface area contributed by atoms with Gasteiger partial charge in [0.15, 0.2) is 11.6 Å². The highest BCUT2D eigenvalue weighted by Gasteiger charge is 2.23. The molecule has 0 aliphatic carbocycles. The molecule has 3 N–H and O–H groups in total. The average molecular weight is 355 g/mol. The third-order valence-electron chi connectivity index (χ3n) is 4.99. The van der Waals surface area contributed by atoms with Crippen LogP contribution in [0.2, 0.25) is 0 Å². The lowest BCUT2D eigenvalue weighted by molar-refractivity contribution is 0.0842. The summed E-state index contributed by atoms with van der Waals surface area (Å²) in [5.74, 6) is -1.50. The van der Waals surface area contributed by atoms with E-state index in [1.165, 1.54) is 12.3 Å². The maximum absolute atomic E-state index is 13.9. The van der Waals surface area contributed by atoms with Gasteiger partial charge in [-0.1, -0.05) is 0 Å². The van der Waals surface area contributed by atoms with E-state index in [1.54, 1.807) is 6.07 Å². The second-order valence-electron chi connectivity index (χ2n) is 6.57. The Balaban J connectivity index is 1.99. The van der Waals surface area contributed by atoms with Gasteiger partial charge in [0, 0.05) is 59.4 Å². The number of nitrogens with one attached hydrogen (secondary N) is 1. The van der Waals surface area contributed by atoms with Gasteiger partial charge in [-0.25, -0.2) is 8.78 Å². The Bertz CT molecular complexity index is 990. The summed E-state index contributed by atoms with van der Waals surface area (Å²) < 4.78 is 34.7. The lowest BCUT2D eigenvalue weighted by Gasteiger charge is -2.24. The number of fused-ring (bicyclic) bond motifs is 1. The zero-order valence-corrected chi connectivity index (χ0v) is 14.1. The van der Waals surface area contributed by atoms with Gasteiger partial charge in [-0.15, -0.1) is 0 Å². The maximum Gasteiger partial charge on any atom is 0.160 e. The summed E-state index contributed by atoms with van der Waals surface area (Å²) >= 11 is 0. The van der Waals surface area contributed by atoms with Gasteiger partial charge in [-0.2, -0.15) is 0 Å². The van der Waals surface area contributed by atoms with Gasteiger partial charge < -0.3 is 20.4 Å². The summed E-state index contributed by atoms with van der Waals surface area (Å²) in [5.41, 5.74) is 9.55. The number of benzene rings is 2. The number of rotatable bonds is 3. The predicted octanol–water partition coefficient (Wildman–Crippen LogP) is 4.38. The van der Waals surface area contributed by atoms with E-state index in [9.17, 15) is 8.78 Å². The van der Waals surface area contributed by atoms with Crippen molar-refractivity contribution in [2.45, 2.75) is 18.8 Å². The Morgan fingerprint density at radius 3 is 2.54 bits per heavy atom. The number of aromatic nitrogens is 1. The quantitative estimate of drug-likeness (QED) is 0.541. The topological polar surface area (TPSA) is 64.0 Å². The van der Waals surface area contributed by atoms with Crippen molar-refractivity contribution in [1.82, 2.24) is 4.57 Å². The Morgan fingerprint density at radius 1 is 1.08 bits per heavy atom. The van der Waals surface area contributed by atoms with E-state index in [0.29, 0.717) is 30.2 Å². The number of nitrogens with two attached hydrogens (primary N) is 1. The van der Waals surface area contributed by atoms with Crippen LogP contribution >= 0.6 is 0 Å². The summed E-state index contributed by atoms with van der Waals surface area (Å²) in [5, 5.41) is 8.48. The Kier molecular flexibility index (Phi) is 4.20. The van der Waals surface area contributed by atoms with Crippen molar-refractivity contribution in [2.75, 3.05) is 18.9 Å². The van der Waals surface area contributed by atoms with Crippen LogP contribution in [0.5, 0.6) is 0 Å². The molecule has 1 aromatic heterocycles. The molecule has 0 bridgehead atoms. The molecule has 0 saturated carbocycles. The molecule has 0 amide bonds. The van der Waals surface area contributed by atoms with Crippen LogP contribution in [0.25, 0.3) is 16.6 Å². The summed E-state index contributed by atoms with van der Waals surface area (Å²) in [6.45, 7) is 1.36. The summed E-state index contributed by atoms with van der Waals surface area (Å²) in [4.78, 5) is 0. The van der Waals surface area contributed by atoms with Crippen LogP contribution in [-0.2, 0) is 4.74 Å². The first-order chi connectivity index (χ1) is 12.6. The molecule has 0 atom stereocenters. The molecule has 2 aromatic carbocycles. The Labute approximate surface area is 149 Å². The van der Waals surface area contributed by atoms with Crippen LogP contribution in [0.15, 0.2) is 36.4 Å². The summed E-state index contributed by atoms with van der Waals surface area (Å²) in [6.07, 6.45) is 2.94. The molecule has 1 fully saturated rings. The predicted molar refractivity (Wildman–Crippen MR) is 98.3 cm³/mol. The minimum atomic E-state index is -0.884. The molecule has 2 heterocycles. The van der Waals surface area contributed by atoms with Crippen molar-refractivity contribution in [1.29, 1.82) is 5.41 Å². The van der Waals surface area contributed by atoms with Gasteiger partial charge in [0.25, 0.3) is 0 Å². The van der Waals surface area contributed by atoms with Gasteiger partial charge in [-0.05, 0) is 43.2 Å². The van der Waals surface area contributed by atoms with Crippen molar-refractivity contribution < 1.29 is 13.5 Å². The van der Waals surface area contributed by atoms with Gasteiger partial charge in [-0.3, -0.25) is 0 Å². The van der Waals surface area contributed by atoms with Crippen molar-refractivity contribution in [3.63, 3.8) is 0 Å². The Morgan fingerprint density at radius 2 is 1.85 bits per heavy atom.